The molecule has 0 amide bonds. The molecule has 1 aromatic heterocycles. The Morgan fingerprint density at radius 3 is 2.37 bits per heavy atom. The van der Waals surface area contributed by atoms with Gasteiger partial charge in [0.2, 0.25) is 0 Å². The number of benzene rings is 1. The van der Waals surface area contributed by atoms with Crippen LogP contribution in [0.25, 0.3) is 0 Å². The minimum Gasteiger partial charge on any atom is -0.496 e. The van der Waals surface area contributed by atoms with Gasteiger partial charge in [0.15, 0.2) is 0 Å². The number of nitrogens with two attached hydrogens (primary N) is 1. The number of hydrogen-bond donors (Lipinski definition) is 2. The van der Waals surface area contributed by atoms with Gasteiger partial charge in [-0.1, -0.05) is 12.1 Å². The van der Waals surface area contributed by atoms with E-state index in [1.54, 1.807) is 18.4 Å². The van der Waals surface area contributed by atoms with Crippen molar-refractivity contribution in [3.63, 3.8) is 0 Å². The van der Waals surface area contributed by atoms with Gasteiger partial charge < -0.3 is 4.74 Å². The van der Waals surface area contributed by atoms with Gasteiger partial charge in [0, 0.05) is 5.56 Å². The number of methoxy groups -OCH3 is 1. The van der Waals surface area contributed by atoms with E-state index in [9.17, 15) is 0 Å². The van der Waals surface area contributed by atoms with Crippen molar-refractivity contribution in [2.45, 2.75) is 26.8 Å². The number of nitrogens with one attached hydrogen (secondary N) is 1. The number of ether oxygens (including phenoxy) is 1. The highest BCUT2D eigenvalue weighted by atomic mass is 32.1. The molecule has 1 heterocycles. The maximum absolute atomic E-state index is 5.78. The lowest BCUT2D eigenvalue weighted by atomic mass is 9.94. The number of thiophene rings is 1. The Labute approximate surface area is 118 Å². The van der Waals surface area contributed by atoms with Gasteiger partial charge in [-0.05, 0) is 53.8 Å². The normalized spacial score (nSPS) is 12.5. The van der Waals surface area contributed by atoms with Gasteiger partial charge in [-0.2, -0.15) is 11.3 Å². The predicted octanol–water partition coefficient (Wildman–Crippen LogP) is 3.23. The summed E-state index contributed by atoms with van der Waals surface area (Å²) in [6, 6.07) is 4.16. The molecule has 0 spiro atoms. The molecule has 1 aromatic carbocycles. The SMILES string of the molecule is COc1c(C(NN)c2cscc2C)ccc(C)c1C. The molecule has 0 aliphatic heterocycles. The monoisotopic (exact) mass is 276 g/mol. The summed E-state index contributed by atoms with van der Waals surface area (Å²) >= 11 is 1.69. The van der Waals surface area contributed by atoms with Gasteiger partial charge in [-0.25, -0.2) is 5.43 Å². The van der Waals surface area contributed by atoms with E-state index in [4.69, 9.17) is 10.6 Å². The Hall–Kier alpha value is -1.36. The molecule has 4 heteroatoms. The van der Waals surface area contributed by atoms with Crippen molar-refractivity contribution in [3.8, 4) is 5.75 Å². The molecule has 19 heavy (non-hydrogen) atoms. The van der Waals surface area contributed by atoms with E-state index in [2.05, 4.69) is 49.1 Å². The molecule has 2 aromatic rings. The zero-order chi connectivity index (χ0) is 14.0. The number of aryl methyl sites for hydroxylation is 2. The van der Waals surface area contributed by atoms with E-state index in [-0.39, 0.29) is 6.04 Å². The molecule has 0 bridgehead atoms. The van der Waals surface area contributed by atoms with E-state index in [1.807, 2.05) is 0 Å². The van der Waals surface area contributed by atoms with Crippen molar-refractivity contribution in [1.82, 2.24) is 5.43 Å². The fourth-order valence-corrected chi connectivity index (χ4v) is 3.20. The van der Waals surface area contributed by atoms with Crippen LogP contribution in [0.15, 0.2) is 22.9 Å². The molecule has 0 saturated heterocycles. The summed E-state index contributed by atoms with van der Waals surface area (Å²) in [6.45, 7) is 6.26. The van der Waals surface area contributed by atoms with Gasteiger partial charge in [0.05, 0.1) is 13.2 Å². The smallest absolute Gasteiger partial charge is 0.127 e. The fraction of sp³-hybridized carbons (Fsp3) is 0.333. The molecule has 3 nitrogen and oxygen atoms in total. The first-order valence-electron chi connectivity index (χ1n) is 6.23. The predicted molar refractivity (Wildman–Crippen MR) is 80.7 cm³/mol. The first-order chi connectivity index (χ1) is 9.10. The first-order valence-corrected chi connectivity index (χ1v) is 7.17. The Morgan fingerprint density at radius 1 is 1.11 bits per heavy atom. The van der Waals surface area contributed by atoms with E-state index < -0.39 is 0 Å². The Morgan fingerprint density at radius 2 is 1.84 bits per heavy atom. The van der Waals surface area contributed by atoms with Crippen LogP contribution in [0.5, 0.6) is 5.75 Å². The largest absolute Gasteiger partial charge is 0.496 e. The number of rotatable bonds is 4. The molecule has 1 unspecified atom stereocenters. The van der Waals surface area contributed by atoms with Crippen LogP contribution < -0.4 is 16.0 Å². The van der Waals surface area contributed by atoms with Crippen molar-refractivity contribution in [2.24, 2.45) is 5.84 Å². The standard InChI is InChI=1S/C15H20N2OS/c1-9-5-6-12(15(18-4)11(9)3)14(17-16)13-8-19-7-10(13)2/h5-8,14,17H,16H2,1-4H3. The molecule has 0 radical (unpaired) electrons. The van der Waals surface area contributed by atoms with Crippen molar-refractivity contribution in [3.05, 3.63) is 50.7 Å². The number of hydrazine groups is 1. The van der Waals surface area contributed by atoms with Crippen molar-refractivity contribution >= 4 is 11.3 Å². The lowest BCUT2D eigenvalue weighted by Crippen LogP contribution is -2.29. The minimum atomic E-state index is -0.0412. The van der Waals surface area contributed by atoms with Gasteiger partial charge in [-0.3, -0.25) is 5.84 Å². The molecule has 0 saturated carbocycles. The molecule has 2 rings (SSSR count). The van der Waals surface area contributed by atoms with E-state index in [1.165, 1.54) is 16.7 Å². The molecular formula is C15H20N2OS. The van der Waals surface area contributed by atoms with Crippen LogP contribution in [-0.2, 0) is 0 Å². The summed E-state index contributed by atoms with van der Waals surface area (Å²) < 4.78 is 5.59. The highest BCUT2D eigenvalue weighted by Crippen LogP contribution is 2.35. The summed E-state index contributed by atoms with van der Waals surface area (Å²) in [5.41, 5.74) is 8.82. The van der Waals surface area contributed by atoms with Crippen molar-refractivity contribution < 1.29 is 4.74 Å². The Balaban J connectivity index is 2.56. The van der Waals surface area contributed by atoms with Gasteiger partial charge in [-0.15, -0.1) is 0 Å². The van der Waals surface area contributed by atoms with Crippen LogP contribution in [0.1, 0.15) is 33.9 Å². The lowest BCUT2D eigenvalue weighted by molar-refractivity contribution is 0.400. The molecule has 0 fully saturated rings. The Kier molecular flexibility index (Phi) is 4.24. The highest BCUT2D eigenvalue weighted by Gasteiger charge is 2.21. The molecule has 102 valence electrons. The maximum Gasteiger partial charge on any atom is 0.127 e. The van der Waals surface area contributed by atoms with E-state index in [0.29, 0.717) is 0 Å². The van der Waals surface area contributed by atoms with Crippen LogP contribution in [0, 0.1) is 20.8 Å². The van der Waals surface area contributed by atoms with Gasteiger partial charge >= 0.3 is 0 Å². The van der Waals surface area contributed by atoms with E-state index in [0.717, 1.165) is 16.9 Å². The summed E-state index contributed by atoms with van der Waals surface area (Å²) in [5, 5.41) is 4.27. The number of hydrogen-bond acceptors (Lipinski definition) is 4. The lowest BCUT2D eigenvalue weighted by Gasteiger charge is -2.21. The minimum absolute atomic E-state index is 0.0412. The molecule has 3 N–H and O–H groups in total. The highest BCUT2D eigenvalue weighted by molar-refractivity contribution is 7.08. The first kappa shape index (κ1) is 14.1. The van der Waals surface area contributed by atoms with Crippen LogP contribution in [0.4, 0.5) is 0 Å². The molecule has 0 aliphatic rings. The van der Waals surface area contributed by atoms with E-state index >= 15 is 0 Å². The van der Waals surface area contributed by atoms with Gasteiger partial charge in [0.1, 0.15) is 5.75 Å². The average Bonchev–Trinajstić information content (AvgIpc) is 2.81. The third-order valence-corrected chi connectivity index (χ3v) is 4.47. The summed E-state index contributed by atoms with van der Waals surface area (Å²) in [7, 11) is 1.71. The second kappa shape index (κ2) is 5.74. The third-order valence-electron chi connectivity index (χ3n) is 3.60. The second-order valence-corrected chi connectivity index (χ2v) is 5.48. The molecule has 0 aliphatic carbocycles. The zero-order valence-electron chi connectivity index (χ0n) is 11.8. The zero-order valence-corrected chi connectivity index (χ0v) is 12.6. The van der Waals surface area contributed by atoms with Crippen LogP contribution in [-0.4, -0.2) is 7.11 Å². The van der Waals surface area contributed by atoms with Crippen molar-refractivity contribution in [1.29, 1.82) is 0 Å². The van der Waals surface area contributed by atoms with Crippen LogP contribution in [0.3, 0.4) is 0 Å². The topological polar surface area (TPSA) is 47.3 Å². The quantitative estimate of drug-likeness (QED) is 0.666. The van der Waals surface area contributed by atoms with Crippen molar-refractivity contribution in [2.75, 3.05) is 7.11 Å². The molecule has 1 atom stereocenters. The summed E-state index contributed by atoms with van der Waals surface area (Å²) in [4.78, 5) is 0. The molecular weight excluding hydrogens is 256 g/mol. The summed E-state index contributed by atoms with van der Waals surface area (Å²) in [6.07, 6.45) is 0. The second-order valence-electron chi connectivity index (χ2n) is 4.74. The van der Waals surface area contributed by atoms with Crippen LogP contribution in [0.2, 0.25) is 0 Å². The van der Waals surface area contributed by atoms with Crippen LogP contribution >= 0.6 is 11.3 Å². The third kappa shape index (κ3) is 2.52. The van der Waals surface area contributed by atoms with Gasteiger partial charge in [0.25, 0.3) is 0 Å². The average molecular weight is 276 g/mol. The maximum atomic E-state index is 5.78. The fourth-order valence-electron chi connectivity index (χ4n) is 2.32. The summed E-state index contributed by atoms with van der Waals surface area (Å²) in [5.74, 6) is 6.69. The Bertz CT molecular complexity index is 578.